The van der Waals surface area contributed by atoms with Crippen LogP contribution in [0.2, 0.25) is 0 Å². The summed E-state index contributed by atoms with van der Waals surface area (Å²) >= 11 is 0. The number of anilines is 1. The third kappa shape index (κ3) is 4.71. The Kier molecular flexibility index (Phi) is 5.06. The molecule has 0 aliphatic rings. The summed E-state index contributed by atoms with van der Waals surface area (Å²) in [5, 5.41) is 12.1. The first-order valence-electron chi connectivity index (χ1n) is 6.01. The van der Waals surface area contributed by atoms with Gasteiger partial charge in [-0.05, 0) is 32.9 Å². The highest BCUT2D eigenvalue weighted by Crippen LogP contribution is 2.15. The summed E-state index contributed by atoms with van der Waals surface area (Å²) in [5.74, 6) is -0.313. The third-order valence-electron chi connectivity index (χ3n) is 2.72. The molecule has 0 bridgehead atoms. The van der Waals surface area contributed by atoms with Gasteiger partial charge in [-0.25, -0.2) is 4.79 Å². The number of para-hydroxylation sites is 1. The molecule has 1 aromatic rings. The first kappa shape index (κ1) is 15.2. The molecule has 0 aliphatic carbocycles. The summed E-state index contributed by atoms with van der Waals surface area (Å²) in [7, 11) is 1.64. The molecule has 5 heteroatoms. The first-order chi connectivity index (χ1) is 8.85. The smallest absolute Gasteiger partial charge is 0.337 e. The number of methoxy groups -OCH3 is 1. The Morgan fingerprint density at radius 2 is 2.05 bits per heavy atom. The van der Waals surface area contributed by atoms with Crippen LogP contribution in [-0.4, -0.2) is 36.2 Å². The van der Waals surface area contributed by atoms with Gasteiger partial charge in [0.1, 0.15) is 0 Å². The monoisotopic (exact) mass is 264 g/mol. The summed E-state index contributed by atoms with van der Waals surface area (Å²) in [6, 6.07) is 6.73. The van der Waals surface area contributed by atoms with Crippen LogP contribution in [0.3, 0.4) is 0 Å². The Hall–Kier alpha value is -1.88. The quantitative estimate of drug-likeness (QED) is 0.633. The molecule has 0 saturated carbocycles. The number of aromatic carboxylic acids is 1. The molecule has 1 rings (SSSR count). The summed E-state index contributed by atoms with van der Waals surface area (Å²) < 4.78 is 5.27. The highest BCUT2D eigenvalue weighted by atomic mass is 16.5. The van der Waals surface area contributed by atoms with Gasteiger partial charge in [-0.3, -0.25) is 4.99 Å². The van der Waals surface area contributed by atoms with Crippen LogP contribution in [0.25, 0.3) is 0 Å². The van der Waals surface area contributed by atoms with E-state index < -0.39 is 5.97 Å². The van der Waals surface area contributed by atoms with E-state index in [1.165, 1.54) is 0 Å². The molecule has 0 amide bonds. The number of carbonyl (C=O) groups is 1. The lowest BCUT2D eigenvalue weighted by Crippen LogP contribution is -2.27. The van der Waals surface area contributed by atoms with Gasteiger partial charge >= 0.3 is 5.97 Å². The van der Waals surface area contributed by atoms with Crippen LogP contribution < -0.4 is 5.32 Å². The molecule has 0 unspecified atom stereocenters. The van der Waals surface area contributed by atoms with E-state index >= 15 is 0 Å². The minimum absolute atomic E-state index is 0.225. The second-order valence-corrected chi connectivity index (χ2v) is 4.84. The van der Waals surface area contributed by atoms with Crippen LogP contribution in [0, 0.1) is 0 Å². The summed E-state index contributed by atoms with van der Waals surface area (Å²) in [6.45, 7) is 6.17. The molecule has 0 radical (unpaired) electrons. The number of amidine groups is 1. The molecule has 19 heavy (non-hydrogen) atoms. The SMILES string of the molecule is COC(C)(C)CN=C(C)Nc1ccccc1C(=O)O. The fourth-order valence-corrected chi connectivity index (χ4v) is 1.39. The summed E-state index contributed by atoms with van der Waals surface area (Å²) in [5.41, 5.74) is 0.421. The van der Waals surface area contributed by atoms with Gasteiger partial charge < -0.3 is 15.2 Å². The van der Waals surface area contributed by atoms with Gasteiger partial charge in [0.2, 0.25) is 0 Å². The van der Waals surface area contributed by atoms with E-state index in [1.807, 2.05) is 13.8 Å². The predicted octanol–water partition coefficient (Wildman–Crippen LogP) is 2.64. The number of hydrogen-bond donors (Lipinski definition) is 2. The molecule has 5 nitrogen and oxygen atoms in total. The molecule has 0 atom stereocenters. The Morgan fingerprint density at radius 1 is 1.42 bits per heavy atom. The minimum Gasteiger partial charge on any atom is -0.478 e. The second-order valence-electron chi connectivity index (χ2n) is 4.84. The molecule has 1 aromatic carbocycles. The number of ether oxygens (including phenoxy) is 1. The molecule has 0 fully saturated rings. The van der Waals surface area contributed by atoms with Crippen molar-refractivity contribution < 1.29 is 14.6 Å². The number of carboxylic acid groups (broad SMARTS) is 1. The Labute approximate surface area is 113 Å². The molecule has 0 heterocycles. The van der Waals surface area contributed by atoms with Crippen LogP contribution in [0.15, 0.2) is 29.3 Å². The van der Waals surface area contributed by atoms with Crippen molar-refractivity contribution in [1.29, 1.82) is 0 Å². The van der Waals surface area contributed by atoms with Gasteiger partial charge in [0, 0.05) is 7.11 Å². The lowest BCUT2D eigenvalue weighted by molar-refractivity contribution is 0.0312. The van der Waals surface area contributed by atoms with Gasteiger partial charge in [0.25, 0.3) is 0 Å². The maximum Gasteiger partial charge on any atom is 0.337 e. The average molecular weight is 264 g/mol. The molecule has 2 N–H and O–H groups in total. The van der Waals surface area contributed by atoms with Crippen molar-refractivity contribution in [2.24, 2.45) is 4.99 Å². The lowest BCUT2D eigenvalue weighted by atomic mass is 10.1. The zero-order valence-corrected chi connectivity index (χ0v) is 11.7. The Morgan fingerprint density at radius 3 is 2.63 bits per heavy atom. The standard InChI is InChI=1S/C14H20N2O3/c1-10(15-9-14(2,3)19-4)16-12-8-6-5-7-11(12)13(17)18/h5-8H,9H2,1-4H3,(H,15,16)(H,17,18). The zero-order valence-electron chi connectivity index (χ0n) is 11.7. The Bertz CT molecular complexity index is 481. The summed E-state index contributed by atoms with van der Waals surface area (Å²) in [6.07, 6.45) is 0. The van der Waals surface area contributed by atoms with Crippen LogP contribution >= 0.6 is 0 Å². The summed E-state index contributed by atoms with van der Waals surface area (Å²) in [4.78, 5) is 15.4. The van der Waals surface area contributed by atoms with Crippen molar-refractivity contribution in [2.75, 3.05) is 19.0 Å². The molecule has 0 spiro atoms. The number of hydrogen-bond acceptors (Lipinski definition) is 3. The van der Waals surface area contributed by atoms with Crippen molar-refractivity contribution in [3.63, 3.8) is 0 Å². The topological polar surface area (TPSA) is 70.9 Å². The van der Waals surface area contributed by atoms with Gasteiger partial charge in [-0.1, -0.05) is 12.1 Å². The largest absolute Gasteiger partial charge is 0.478 e. The molecule has 0 aliphatic heterocycles. The molecule has 0 aromatic heterocycles. The van der Waals surface area contributed by atoms with E-state index in [9.17, 15) is 4.79 Å². The van der Waals surface area contributed by atoms with Crippen LogP contribution in [-0.2, 0) is 4.74 Å². The average Bonchev–Trinajstić information content (AvgIpc) is 2.37. The number of benzene rings is 1. The van der Waals surface area contributed by atoms with Gasteiger partial charge in [-0.15, -0.1) is 0 Å². The van der Waals surface area contributed by atoms with E-state index in [-0.39, 0.29) is 11.2 Å². The fraction of sp³-hybridized carbons (Fsp3) is 0.429. The van der Waals surface area contributed by atoms with E-state index in [2.05, 4.69) is 10.3 Å². The van der Waals surface area contributed by atoms with E-state index in [4.69, 9.17) is 9.84 Å². The van der Waals surface area contributed by atoms with Crippen molar-refractivity contribution in [1.82, 2.24) is 0 Å². The van der Waals surface area contributed by atoms with E-state index in [0.717, 1.165) is 0 Å². The minimum atomic E-state index is -0.965. The third-order valence-corrected chi connectivity index (χ3v) is 2.72. The molecular weight excluding hydrogens is 244 g/mol. The van der Waals surface area contributed by atoms with Gasteiger partial charge in [0.05, 0.1) is 29.2 Å². The maximum atomic E-state index is 11.1. The van der Waals surface area contributed by atoms with E-state index in [1.54, 1.807) is 38.3 Å². The normalized spacial score (nSPS) is 12.3. The second kappa shape index (κ2) is 6.33. The number of nitrogens with one attached hydrogen (secondary N) is 1. The molecule has 104 valence electrons. The number of aliphatic imine (C=N–C) groups is 1. The van der Waals surface area contributed by atoms with Crippen LogP contribution in [0.5, 0.6) is 0 Å². The van der Waals surface area contributed by atoms with Crippen molar-refractivity contribution in [2.45, 2.75) is 26.4 Å². The van der Waals surface area contributed by atoms with E-state index in [0.29, 0.717) is 18.1 Å². The number of nitrogens with zero attached hydrogens (tertiary/aromatic N) is 1. The maximum absolute atomic E-state index is 11.1. The fourth-order valence-electron chi connectivity index (χ4n) is 1.39. The lowest BCUT2D eigenvalue weighted by Gasteiger charge is -2.20. The highest BCUT2D eigenvalue weighted by Gasteiger charge is 2.15. The first-order valence-corrected chi connectivity index (χ1v) is 6.01. The molecular formula is C14H20N2O3. The van der Waals surface area contributed by atoms with Crippen LogP contribution in [0.4, 0.5) is 5.69 Å². The molecule has 0 saturated heterocycles. The number of carboxylic acids is 1. The Balaban J connectivity index is 2.80. The van der Waals surface area contributed by atoms with Gasteiger partial charge in [0.15, 0.2) is 0 Å². The zero-order chi connectivity index (χ0) is 14.5. The van der Waals surface area contributed by atoms with Crippen LogP contribution in [0.1, 0.15) is 31.1 Å². The van der Waals surface area contributed by atoms with Crippen molar-refractivity contribution in [3.8, 4) is 0 Å². The highest BCUT2D eigenvalue weighted by molar-refractivity contribution is 6.01. The van der Waals surface area contributed by atoms with Gasteiger partial charge in [-0.2, -0.15) is 0 Å². The number of rotatable bonds is 5. The predicted molar refractivity (Wildman–Crippen MR) is 76.1 cm³/mol. The van der Waals surface area contributed by atoms with Crippen molar-refractivity contribution >= 4 is 17.5 Å². The van der Waals surface area contributed by atoms with Crippen molar-refractivity contribution in [3.05, 3.63) is 29.8 Å².